The minimum atomic E-state index is -0.654. The molecule has 0 aliphatic rings. The molecule has 3 aromatic carbocycles. The normalized spacial score (nSPS) is 11.6. The van der Waals surface area contributed by atoms with Crippen molar-refractivity contribution in [2.75, 3.05) is 0 Å². The highest BCUT2D eigenvalue weighted by Crippen LogP contribution is 2.33. The Balaban J connectivity index is 1.77. The fraction of sp³-hybridized carbons (Fsp3) is 0.0909. The summed E-state index contributed by atoms with van der Waals surface area (Å²) in [6.07, 6.45) is 0. The lowest BCUT2D eigenvalue weighted by atomic mass is 10.1. The van der Waals surface area contributed by atoms with Gasteiger partial charge in [-0.25, -0.2) is 18.7 Å². The van der Waals surface area contributed by atoms with Crippen LogP contribution in [0.25, 0.3) is 44.8 Å². The Labute approximate surface area is 159 Å². The van der Waals surface area contributed by atoms with E-state index in [4.69, 9.17) is 0 Å². The molecule has 0 amide bonds. The molecule has 0 aliphatic heterocycles. The van der Waals surface area contributed by atoms with Crippen molar-refractivity contribution >= 4 is 22.1 Å². The fourth-order valence-electron chi connectivity index (χ4n) is 3.66. The summed E-state index contributed by atoms with van der Waals surface area (Å²) >= 11 is 0. The summed E-state index contributed by atoms with van der Waals surface area (Å²) in [7, 11) is 3.64. The third-order valence-corrected chi connectivity index (χ3v) is 5.11. The van der Waals surface area contributed by atoms with E-state index in [2.05, 4.69) is 9.97 Å². The summed E-state index contributed by atoms with van der Waals surface area (Å²) in [5, 5.41) is 0. The SMILES string of the molecule is Cn1c(-c2cc(-c3nc4ccccc4n3C)c(F)cc2F)nc2ccccc21. The van der Waals surface area contributed by atoms with E-state index in [-0.39, 0.29) is 11.1 Å². The lowest BCUT2D eigenvalue weighted by Crippen LogP contribution is -2.00. The van der Waals surface area contributed by atoms with Gasteiger partial charge in [-0.15, -0.1) is 0 Å². The molecule has 0 fully saturated rings. The van der Waals surface area contributed by atoms with Gasteiger partial charge in [0.25, 0.3) is 0 Å². The van der Waals surface area contributed by atoms with Gasteiger partial charge in [0, 0.05) is 20.2 Å². The summed E-state index contributed by atoms with van der Waals surface area (Å²) in [6.45, 7) is 0. The van der Waals surface area contributed by atoms with Gasteiger partial charge >= 0.3 is 0 Å². The molecule has 0 bridgehead atoms. The second kappa shape index (κ2) is 5.99. The van der Waals surface area contributed by atoms with Gasteiger partial charge in [-0.2, -0.15) is 0 Å². The first-order valence-electron chi connectivity index (χ1n) is 8.87. The fourth-order valence-corrected chi connectivity index (χ4v) is 3.66. The maximum Gasteiger partial charge on any atom is 0.143 e. The Bertz CT molecular complexity index is 1260. The molecule has 28 heavy (non-hydrogen) atoms. The zero-order valence-corrected chi connectivity index (χ0v) is 15.3. The first-order valence-corrected chi connectivity index (χ1v) is 8.87. The van der Waals surface area contributed by atoms with Crippen LogP contribution in [-0.2, 0) is 14.1 Å². The molecule has 2 aromatic heterocycles. The number of aromatic nitrogens is 4. The summed E-state index contributed by atoms with van der Waals surface area (Å²) < 4.78 is 33.1. The molecule has 4 nitrogen and oxygen atoms in total. The average Bonchev–Trinajstić information content (AvgIpc) is 3.20. The topological polar surface area (TPSA) is 35.6 Å². The van der Waals surface area contributed by atoms with Gasteiger partial charge in [0.15, 0.2) is 0 Å². The van der Waals surface area contributed by atoms with E-state index >= 15 is 0 Å². The van der Waals surface area contributed by atoms with Crippen LogP contribution >= 0.6 is 0 Å². The van der Waals surface area contributed by atoms with Crippen LogP contribution in [0.15, 0.2) is 60.7 Å². The molecule has 0 unspecified atom stereocenters. The van der Waals surface area contributed by atoms with Crippen LogP contribution < -0.4 is 0 Å². The van der Waals surface area contributed by atoms with E-state index in [1.165, 1.54) is 6.07 Å². The second-order valence-electron chi connectivity index (χ2n) is 6.78. The van der Waals surface area contributed by atoms with Gasteiger partial charge in [0.05, 0.1) is 33.2 Å². The Hall–Kier alpha value is -3.54. The summed E-state index contributed by atoms with van der Waals surface area (Å²) in [4.78, 5) is 9.09. The minimum Gasteiger partial charge on any atom is -0.327 e. The van der Waals surface area contributed by atoms with Crippen LogP contribution in [-0.4, -0.2) is 19.1 Å². The Morgan fingerprint density at radius 1 is 0.643 bits per heavy atom. The molecule has 138 valence electrons. The van der Waals surface area contributed by atoms with Crippen molar-refractivity contribution in [3.8, 4) is 22.8 Å². The standard InChI is InChI=1S/C22H16F2N4/c1-27-19-9-5-3-7-17(19)25-21(27)13-11-14(16(24)12-15(13)23)22-26-18-8-4-6-10-20(18)28(22)2/h3-12H,1-2H3. The average molecular weight is 374 g/mol. The van der Waals surface area contributed by atoms with Gasteiger partial charge in [0.2, 0.25) is 0 Å². The van der Waals surface area contributed by atoms with E-state index < -0.39 is 11.6 Å². The number of hydrogen-bond acceptors (Lipinski definition) is 2. The Kier molecular flexibility index (Phi) is 3.55. The second-order valence-corrected chi connectivity index (χ2v) is 6.78. The summed E-state index contributed by atoms with van der Waals surface area (Å²) in [6, 6.07) is 17.5. The predicted octanol–water partition coefficient (Wildman–Crippen LogP) is 5.07. The van der Waals surface area contributed by atoms with Gasteiger partial charge in [0.1, 0.15) is 23.3 Å². The molecule has 0 spiro atoms. The van der Waals surface area contributed by atoms with Crippen molar-refractivity contribution in [1.82, 2.24) is 19.1 Å². The number of hydrogen-bond donors (Lipinski definition) is 0. The summed E-state index contributed by atoms with van der Waals surface area (Å²) in [5.74, 6) is -0.422. The monoisotopic (exact) mass is 374 g/mol. The number of rotatable bonds is 2. The third kappa shape index (κ3) is 2.34. The van der Waals surface area contributed by atoms with Crippen LogP contribution in [0.4, 0.5) is 8.78 Å². The Morgan fingerprint density at radius 3 is 1.50 bits per heavy atom. The number of halogens is 2. The van der Waals surface area contributed by atoms with Crippen LogP contribution in [0.3, 0.4) is 0 Å². The highest BCUT2D eigenvalue weighted by Gasteiger charge is 2.20. The highest BCUT2D eigenvalue weighted by atomic mass is 19.1. The molecule has 0 saturated heterocycles. The van der Waals surface area contributed by atoms with E-state index in [0.29, 0.717) is 11.6 Å². The molecule has 6 heteroatoms. The van der Waals surface area contributed by atoms with E-state index in [9.17, 15) is 8.78 Å². The third-order valence-electron chi connectivity index (χ3n) is 5.11. The molecule has 5 aromatic rings. The van der Waals surface area contributed by atoms with E-state index in [0.717, 1.165) is 28.1 Å². The molecule has 0 aliphatic carbocycles. The first kappa shape index (κ1) is 16.6. The molecule has 0 saturated carbocycles. The molecule has 0 atom stereocenters. The van der Waals surface area contributed by atoms with Crippen LogP contribution in [0, 0.1) is 11.6 Å². The van der Waals surface area contributed by atoms with Crippen molar-refractivity contribution < 1.29 is 8.78 Å². The number of nitrogens with zero attached hydrogens (tertiary/aromatic N) is 4. The van der Waals surface area contributed by atoms with Gasteiger partial charge < -0.3 is 9.13 Å². The zero-order chi connectivity index (χ0) is 19.4. The summed E-state index contributed by atoms with van der Waals surface area (Å²) in [5.41, 5.74) is 3.75. The van der Waals surface area contributed by atoms with Gasteiger partial charge in [-0.1, -0.05) is 24.3 Å². The molecule has 0 radical (unpaired) electrons. The molecule has 2 heterocycles. The predicted molar refractivity (Wildman–Crippen MR) is 106 cm³/mol. The number of aryl methyl sites for hydroxylation is 2. The van der Waals surface area contributed by atoms with Crippen molar-refractivity contribution in [3.63, 3.8) is 0 Å². The van der Waals surface area contributed by atoms with Crippen LogP contribution in [0.2, 0.25) is 0 Å². The molecule has 0 N–H and O–H groups in total. The highest BCUT2D eigenvalue weighted by molar-refractivity contribution is 5.83. The maximum absolute atomic E-state index is 14.7. The van der Waals surface area contributed by atoms with Crippen LogP contribution in [0.1, 0.15) is 0 Å². The quantitative estimate of drug-likeness (QED) is 0.432. The van der Waals surface area contributed by atoms with Crippen molar-refractivity contribution in [1.29, 1.82) is 0 Å². The molecular formula is C22H16F2N4. The van der Waals surface area contributed by atoms with Gasteiger partial charge in [-0.3, -0.25) is 0 Å². The van der Waals surface area contributed by atoms with Crippen molar-refractivity contribution in [2.24, 2.45) is 14.1 Å². The first-order chi connectivity index (χ1) is 13.5. The lowest BCUT2D eigenvalue weighted by Gasteiger charge is -2.09. The number of para-hydroxylation sites is 4. The smallest absolute Gasteiger partial charge is 0.143 e. The largest absolute Gasteiger partial charge is 0.327 e. The van der Waals surface area contributed by atoms with Crippen molar-refractivity contribution in [3.05, 3.63) is 72.3 Å². The zero-order valence-electron chi connectivity index (χ0n) is 15.3. The number of fused-ring (bicyclic) bond motifs is 2. The number of benzene rings is 3. The lowest BCUT2D eigenvalue weighted by molar-refractivity contribution is 0.585. The van der Waals surface area contributed by atoms with Crippen LogP contribution in [0.5, 0.6) is 0 Å². The Morgan fingerprint density at radius 2 is 1.07 bits per heavy atom. The maximum atomic E-state index is 14.7. The minimum absolute atomic E-state index is 0.238. The van der Waals surface area contributed by atoms with E-state index in [1.54, 1.807) is 0 Å². The molecule has 5 rings (SSSR count). The van der Waals surface area contributed by atoms with Gasteiger partial charge in [-0.05, 0) is 30.3 Å². The van der Waals surface area contributed by atoms with E-state index in [1.807, 2.05) is 71.8 Å². The van der Waals surface area contributed by atoms with Crippen molar-refractivity contribution in [2.45, 2.75) is 0 Å². The number of imidazole rings is 2. The molecular weight excluding hydrogens is 358 g/mol.